The third-order valence-corrected chi connectivity index (χ3v) is 3.62. The Balaban J connectivity index is 2.09. The van der Waals surface area contributed by atoms with E-state index in [0.717, 1.165) is 17.3 Å². The van der Waals surface area contributed by atoms with Crippen molar-refractivity contribution in [1.29, 1.82) is 0 Å². The van der Waals surface area contributed by atoms with Gasteiger partial charge in [0.1, 0.15) is 0 Å². The average molecular weight is 275 g/mol. The summed E-state index contributed by atoms with van der Waals surface area (Å²) in [4.78, 5) is 15.3. The van der Waals surface area contributed by atoms with Gasteiger partial charge in [0, 0.05) is 35.9 Å². The van der Waals surface area contributed by atoms with E-state index >= 15 is 0 Å². The van der Waals surface area contributed by atoms with E-state index in [1.165, 1.54) is 0 Å². The molecule has 108 valence electrons. The lowest BCUT2D eigenvalue weighted by Gasteiger charge is -2.14. The smallest absolute Gasteiger partial charge is 0.253 e. The molecule has 1 unspecified atom stereocenters. The number of benzene rings is 1. The minimum absolute atomic E-state index is 0.113. The first kappa shape index (κ1) is 14.4. The predicted molar refractivity (Wildman–Crippen MR) is 80.5 cm³/mol. The normalized spacial score (nSPS) is 12.5. The number of rotatable bonds is 6. The van der Waals surface area contributed by atoms with E-state index in [9.17, 15) is 4.79 Å². The lowest BCUT2D eigenvalue weighted by Crippen LogP contribution is -2.29. The number of aromatic amines is 1. The van der Waals surface area contributed by atoms with E-state index in [4.69, 9.17) is 10.8 Å². The van der Waals surface area contributed by atoms with Gasteiger partial charge in [-0.05, 0) is 30.5 Å². The lowest BCUT2D eigenvalue weighted by atomic mass is 10.0. The molecule has 5 heteroatoms. The largest absolute Gasteiger partial charge is 0.399 e. The van der Waals surface area contributed by atoms with Gasteiger partial charge >= 0.3 is 0 Å². The molecule has 0 aliphatic carbocycles. The van der Waals surface area contributed by atoms with E-state index in [-0.39, 0.29) is 12.5 Å². The van der Waals surface area contributed by atoms with Crippen LogP contribution in [0.15, 0.2) is 24.4 Å². The highest BCUT2D eigenvalue weighted by atomic mass is 16.3. The second-order valence-electron chi connectivity index (χ2n) is 5.00. The van der Waals surface area contributed by atoms with Gasteiger partial charge in [0.15, 0.2) is 0 Å². The van der Waals surface area contributed by atoms with Crippen molar-refractivity contribution < 1.29 is 9.90 Å². The molecule has 0 radical (unpaired) electrons. The molecule has 1 aromatic heterocycles. The van der Waals surface area contributed by atoms with Crippen LogP contribution in [0.25, 0.3) is 10.9 Å². The number of nitrogen functional groups attached to an aromatic ring is 1. The molecule has 0 aliphatic heterocycles. The van der Waals surface area contributed by atoms with Gasteiger partial charge in [-0.15, -0.1) is 0 Å². The number of nitrogens with one attached hydrogen (secondary N) is 2. The second kappa shape index (κ2) is 6.43. The van der Waals surface area contributed by atoms with E-state index in [0.29, 0.717) is 30.1 Å². The zero-order valence-corrected chi connectivity index (χ0v) is 11.6. The first-order valence-electron chi connectivity index (χ1n) is 6.91. The van der Waals surface area contributed by atoms with Crippen molar-refractivity contribution in [1.82, 2.24) is 10.3 Å². The van der Waals surface area contributed by atoms with Gasteiger partial charge < -0.3 is 21.1 Å². The minimum atomic E-state index is -0.113. The van der Waals surface area contributed by atoms with Crippen molar-refractivity contribution in [2.24, 2.45) is 5.92 Å². The molecule has 1 heterocycles. The van der Waals surface area contributed by atoms with Crippen LogP contribution in [0.5, 0.6) is 0 Å². The van der Waals surface area contributed by atoms with Crippen molar-refractivity contribution in [2.75, 3.05) is 18.9 Å². The SMILES string of the molecule is CCC(CCO)CNC(=O)c1c[nH]c2ccc(N)cc12. The van der Waals surface area contributed by atoms with Crippen LogP contribution >= 0.6 is 0 Å². The third-order valence-electron chi connectivity index (χ3n) is 3.62. The Morgan fingerprint density at radius 1 is 1.50 bits per heavy atom. The molecule has 2 aromatic rings. The Kier molecular flexibility index (Phi) is 4.63. The summed E-state index contributed by atoms with van der Waals surface area (Å²) in [5.41, 5.74) is 7.90. The molecule has 2 rings (SSSR count). The molecule has 0 saturated carbocycles. The molecule has 5 nitrogen and oxygen atoms in total. The zero-order chi connectivity index (χ0) is 14.5. The summed E-state index contributed by atoms with van der Waals surface area (Å²) in [7, 11) is 0. The minimum Gasteiger partial charge on any atom is -0.399 e. The van der Waals surface area contributed by atoms with Crippen molar-refractivity contribution >= 4 is 22.5 Å². The monoisotopic (exact) mass is 275 g/mol. The molecule has 1 aromatic carbocycles. The van der Waals surface area contributed by atoms with Crippen molar-refractivity contribution in [2.45, 2.75) is 19.8 Å². The highest BCUT2D eigenvalue weighted by molar-refractivity contribution is 6.07. The summed E-state index contributed by atoms with van der Waals surface area (Å²) in [5.74, 6) is 0.192. The quantitative estimate of drug-likeness (QED) is 0.607. The van der Waals surface area contributed by atoms with Crippen molar-refractivity contribution in [3.63, 3.8) is 0 Å². The molecule has 0 aliphatic rings. The van der Waals surface area contributed by atoms with Gasteiger partial charge in [0.25, 0.3) is 5.91 Å². The summed E-state index contributed by atoms with van der Waals surface area (Å²) in [6, 6.07) is 5.46. The maximum absolute atomic E-state index is 12.2. The van der Waals surface area contributed by atoms with Crippen molar-refractivity contribution in [3.8, 4) is 0 Å². The van der Waals surface area contributed by atoms with Crippen LogP contribution in [0, 0.1) is 5.92 Å². The molecule has 0 bridgehead atoms. The number of amides is 1. The van der Waals surface area contributed by atoms with Crippen LogP contribution in [0.4, 0.5) is 5.69 Å². The second-order valence-corrected chi connectivity index (χ2v) is 5.00. The number of hydrogen-bond acceptors (Lipinski definition) is 3. The Bertz CT molecular complexity index is 592. The lowest BCUT2D eigenvalue weighted by molar-refractivity contribution is 0.0945. The fourth-order valence-corrected chi connectivity index (χ4v) is 2.29. The van der Waals surface area contributed by atoms with Crippen LogP contribution in [0.1, 0.15) is 30.1 Å². The summed E-state index contributed by atoms with van der Waals surface area (Å²) in [6.07, 6.45) is 3.34. The van der Waals surface area contributed by atoms with Crippen LogP contribution in [-0.2, 0) is 0 Å². The molecule has 0 saturated heterocycles. The maximum Gasteiger partial charge on any atom is 0.253 e. The number of anilines is 1. The highest BCUT2D eigenvalue weighted by Gasteiger charge is 2.13. The number of hydrogen-bond donors (Lipinski definition) is 4. The number of carbonyl (C=O) groups is 1. The standard InChI is InChI=1S/C15H21N3O2/c1-2-10(5-6-19)8-18-15(20)13-9-17-14-4-3-11(16)7-12(13)14/h3-4,7,9-10,17,19H,2,5-6,8,16H2,1H3,(H,18,20). The third kappa shape index (κ3) is 3.11. The van der Waals surface area contributed by atoms with Crippen LogP contribution < -0.4 is 11.1 Å². The van der Waals surface area contributed by atoms with Gasteiger partial charge in [-0.25, -0.2) is 0 Å². The first-order valence-corrected chi connectivity index (χ1v) is 6.91. The molecular weight excluding hydrogens is 254 g/mol. The summed E-state index contributed by atoms with van der Waals surface area (Å²) in [6.45, 7) is 2.78. The van der Waals surface area contributed by atoms with Gasteiger partial charge in [-0.3, -0.25) is 4.79 Å². The summed E-state index contributed by atoms with van der Waals surface area (Å²) < 4.78 is 0. The molecule has 20 heavy (non-hydrogen) atoms. The molecule has 1 amide bonds. The molecular formula is C15H21N3O2. The Labute approximate surface area is 118 Å². The van der Waals surface area contributed by atoms with Crippen molar-refractivity contribution in [3.05, 3.63) is 30.0 Å². The number of aliphatic hydroxyl groups is 1. The van der Waals surface area contributed by atoms with Gasteiger partial charge in [0.2, 0.25) is 0 Å². The van der Waals surface area contributed by atoms with Gasteiger partial charge in [0.05, 0.1) is 5.56 Å². The van der Waals surface area contributed by atoms with E-state index in [1.54, 1.807) is 18.3 Å². The average Bonchev–Trinajstić information content (AvgIpc) is 2.86. The van der Waals surface area contributed by atoms with Gasteiger partial charge in [-0.1, -0.05) is 13.3 Å². The van der Waals surface area contributed by atoms with E-state index in [1.807, 2.05) is 6.07 Å². The topological polar surface area (TPSA) is 91.1 Å². The van der Waals surface area contributed by atoms with Crippen LogP contribution in [0.2, 0.25) is 0 Å². The molecule has 1 atom stereocenters. The van der Waals surface area contributed by atoms with Crippen LogP contribution in [0.3, 0.4) is 0 Å². The first-order chi connectivity index (χ1) is 9.65. The highest BCUT2D eigenvalue weighted by Crippen LogP contribution is 2.21. The summed E-state index contributed by atoms with van der Waals surface area (Å²) >= 11 is 0. The maximum atomic E-state index is 12.2. The Morgan fingerprint density at radius 2 is 2.30 bits per heavy atom. The Hall–Kier alpha value is -2.01. The number of nitrogens with two attached hydrogens (primary N) is 1. The Morgan fingerprint density at radius 3 is 3.00 bits per heavy atom. The fourth-order valence-electron chi connectivity index (χ4n) is 2.29. The number of aromatic nitrogens is 1. The number of fused-ring (bicyclic) bond motifs is 1. The van der Waals surface area contributed by atoms with E-state index < -0.39 is 0 Å². The molecule has 0 fully saturated rings. The number of H-pyrrole nitrogens is 1. The number of aliphatic hydroxyl groups excluding tert-OH is 1. The fraction of sp³-hybridized carbons (Fsp3) is 0.400. The van der Waals surface area contributed by atoms with E-state index in [2.05, 4.69) is 17.2 Å². The summed E-state index contributed by atoms with van der Waals surface area (Å²) in [5, 5.41) is 12.7. The molecule has 5 N–H and O–H groups in total. The predicted octanol–water partition coefficient (Wildman–Crippen LogP) is 1.89. The zero-order valence-electron chi connectivity index (χ0n) is 11.6. The molecule has 0 spiro atoms. The van der Waals surface area contributed by atoms with Gasteiger partial charge in [-0.2, -0.15) is 0 Å². The number of carbonyl (C=O) groups excluding carboxylic acids is 1. The van der Waals surface area contributed by atoms with Crippen LogP contribution in [-0.4, -0.2) is 29.1 Å².